The van der Waals surface area contributed by atoms with E-state index in [0.29, 0.717) is 10.5 Å². The average molecular weight is 340 g/mol. The molecule has 0 spiro atoms. The maximum atomic E-state index is 12.9. The summed E-state index contributed by atoms with van der Waals surface area (Å²) < 4.78 is 12.9. The number of urea groups is 1. The van der Waals surface area contributed by atoms with Crippen molar-refractivity contribution < 1.29 is 23.6 Å². The van der Waals surface area contributed by atoms with Crippen molar-refractivity contribution >= 4 is 23.6 Å². The molecule has 0 unspecified atom stereocenters. The van der Waals surface area contributed by atoms with Crippen LogP contribution in [0.2, 0.25) is 0 Å². The van der Waals surface area contributed by atoms with Crippen LogP contribution in [0.25, 0.3) is 0 Å². The van der Waals surface area contributed by atoms with Crippen molar-refractivity contribution in [1.29, 1.82) is 0 Å². The van der Waals surface area contributed by atoms with Crippen molar-refractivity contribution in [2.24, 2.45) is 0 Å². The predicted molar refractivity (Wildman–Crippen MR) is 84.8 cm³/mol. The van der Waals surface area contributed by atoms with Crippen LogP contribution in [0.5, 0.6) is 0 Å². The van der Waals surface area contributed by atoms with E-state index in [-0.39, 0.29) is 12.1 Å². The molecule has 0 atom stereocenters. The predicted octanol–water partition coefficient (Wildman–Crippen LogP) is 2.00. The van der Waals surface area contributed by atoms with E-state index in [0.717, 1.165) is 17.0 Å². The molecule has 7 heteroatoms. The molecule has 126 valence electrons. The van der Waals surface area contributed by atoms with Gasteiger partial charge in [0.15, 0.2) is 5.78 Å². The number of hydrogen-bond acceptors (Lipinski definition) is 4. The van der Waals surface area contributed by atoms with Gasteiger partial charge in [0.1, 0.15) is 5.82 Å². The second-order valence-corrected chi connectivity index (χ2v) is 5.48. The molecule has 25 heavy (non-hydrogen) atoms. The number of halogens is 1. The molecule has 1 saturated heterocycles. The Morgan fingerprint density at radius 1 is 0.840 bits per heavy atom. The van der Waals surface area contributed by atoms with Gasteiger partial charge in [0.25, 0.3) is 0 Å². The maximum absolute atomic E-state index is 12.9. The lowest BCUT2D eigenvalue weighted by Gasteiger charge is -2.15. The van der Waals surface area contributed by atoms with Gasteiger partial charge in [0, 0.05) is 5.56 Å². The van der Waals surface area contributed by atoms with Crippen LogP contribution in [0.3, 0.4) is 0 Å². The number of carbonyl (C=O) groups excluding carboxylic acids is 4. The third-order valence-electron chi connectivity index (χ3n) is 3.79. The van der Waals surface area contributed by atoms with Crippen molar-refractivity contribution in [3.8, 4) is 0 Å². The van der Waals surface area contributed by atoms with Crippen LogP contribution >= 0.6 is 0 Å². The van der Waals surface area contributed by atoms with Crippen LogP contribution in [0, 0.1) is 5.82 Å². The Kier molecular flexibility index (Phi) is 4.38. The molecule has 0 aliphatic carbocycles. The number of imide groups is 2. The van der Waals surface area contributed by atoms with Gasteiger partial charge >= 0.3 is 17.8 Å². The van der Waals surface area contributed by atoms with E-state index in [9.17, 15) is 23.6 Å². The van der Waals surface area contributed by atoms with Gasteiger partial charge in [0.05, 0.1) is 13.1 Å². The van der Waals surface area contributed by atoms with Crippen LogP contribution in [0.1, 0.15) is 15.9 Å². The largest absolute Gasteiger partial charge is 0.334 e. The molecule has 6 nitrogen and oxygen atoms in total. The van der Waals surface area contributed by atoms with Crippen molar-refractivity contribution in [2.45, 2.75) is 6.54 Å². The first-order chi connectivity index (χ1) is 12.0. The minimum Gasteiger partial charge on any atom is -0.292 e. The van der Waals surface area contributed by atoms with Gasteiger partial charge < -0.3 is 0 Å². The average Bonchev–Trinajstić information content (AvgIpc) is 2.81. The fourth-order valence-corrected chi connectivity index (χ4v) is 2.47. The summed E-state index contributed by atoms with van der Waals surface area (Å²) in [5.41, 5.74) is 0.833. The SMILES string of the molecule is O=C(CN1C(=O)C(=O)N(Cc2ccccc2)C1=O)c1ccc(F)cc1. The van der Waals surface area contributed by atoms with Crippen molar-refractivity contribution in [3.63, 3.8) is 0 Å². The molecule has 1 aliphatic heterocycles. The van der Waals surface area contributed by atoms with Crippen LogP contribution in [-0.4, -0.2) is 40.0 Å². The number of Topliss-reactive ketones (excluding diaryl/α,β-unsaturated/α-hetero) is 1. The Hall–Kier alpha value is -3.35. The van der Waals surface area contributed by atoms with Crippen LogP contribution in [0.15, 0.2) is 54.6 Å². The van der Waals surface area contributed by atoms with E-state index in [1.165, 1.54) is 12.1 Å². The molecule has 2 aromatic carbocycles. The van der Waals surface area contributed by atoms with E-state index in [1.54, 1.807) is 30.3 Å². The molecule has 4 amide bonds. The molecule has 2 aromatic rings. The lowest BCUT2D eigenvalue weighted by molar-refractivity contribution is -0.143. The summed E-state index contributed by atoms with van der Waals surface area (Å²) in [5, 5.41) is 0. The van der Waals surface area contributed by atoms with Gasteiger partial charge in [0.2, 0.25) is 0 Å². The van der Waals surface area contributed by atoms with Crippen molar-refractivity contribution in [2.75, 3.05) is 6.54 Å². The highest BCUT2D eigenvalue weighted by Crippen LogP contribution is 2.17. The lowest BCUT2D eigenvalue weighted by atomic mass is 10.1. The maximum Gasteiger partial charge on any atom is 0.334 e. The minimum atomic E-state index is -1.05. The van der Waals surface area contributed by atoms with Gasteiger partial charge in [-0.05, 0) is 29.8 Å². The lowest BCUT2D eigenvalue weighted by Crippen LogP contribution is -2.36. The monoisotopic (exact) mass is 340 g/mol. The number of hydrogen-bond donors (Lipinski definition) is 0. The molecule has 0 bridgehead atoms. The number of amides is 4. The van der Waals surface area contributed by atoms with Gasteiger partial charge in [-0.2, -0.15) is 0 Å². The topological polar surface area (TPSA) is 74.8 Å². The fourth-order valence-electron chi connectivity index (χ4n) is 2.47. The molecule has 3 rings (SSSR count). The first-order valence-corrected chi connectivity index (χ1v) is 7.47. The molecule has 1 fully saturated rings. The second kappa shape index (κ2) is 6.64. The van der Waals surface area contributed by atoms with Gasteiger partial charge in [-0.1, -0.05) is 30.3 Å². The Morgan fingerprint density at radius 3 is 2.08 bits per heavy atom. The minimum absolute atomic E-state index is 0.0501. The number of ketones is 1. The van der Waals surface area contributed by atoms with E-state index in [4.69, 9.17) is 0 Å². The molecule has 0 radical (unpaired) electrons. The molecular formula is C18H13FN2O4. The van der Waals surface area contributed by atoms with E-state index >= 15 is 0 Å². The third-order valence-corrected chi connectivity index (χ3v) is 3.79. The third kappa shape index (κ3) is 3.30. The number of benzene rings is 2. The van der Waals surface area contributed by atoms with Crippen molar-refractivity contribution in [1.82, 2.24) is 9.80 Å². The van der Waals surface area contributed by atoms with Gasteiger partial charge in [-0.25, -0.2) is 14.1 Å². The number of carbonyl (C=O) groups is 4. The fraction of sp³-hybridized carbons (Fsp3) is 0.111. The molecule has 1 aliphatic rings. The zero-order valence-electron chi connectivity index (χ0n) is 13.0. The summed E-state index contributed by atoms with van der Waals surface area (Å²) in [6.45, 7) is -0.619. The zero-order valence-corrected chi connectivity index (χ0v) is 13.0. The number of nitrogens with zero attached hydrogens (tertiary/aromatic N) is 2. The first-order valence-electron chi connectivity index (χ1n) is 7.47. The van der Waals surface area contributed by atoms with Gasteiger partial charge in [-0.15, -0.1) is 0 Å². The Labute approximate surface area is 142 Å². The van der Waals surface area contributed by atoms with Gasteiger partial charge in [-0.3, -0.25) is 19.3 Å². The molecular weight excluding hydrogens is 327 g/mol. The van der Waals surface area contributed by atoms with Crippen LogP contribution < -0.4 is 0 Å². The summed E-state index contributed by atoms with van der Waals surface area (Å²) in [7, 11) is 0. The summed E-state index contributed by atoms with van der Waals surface area (Å²) >= 11 is 0. The molecule has 1 heterocycles. The summed E-state index contributed by atoms with van der Waals surface area (Å²) in [4.78, 5) is 50.0. The Bertz CT molecular complexity index is 849. The van der Waals surface area contributed by atoms with Crippen LogP contribution in [-0.2, 0) is 16.1 Å². The molecule has 0 N–H and O–H groups in total. The molecule has 0 aromatic heterocycles. The summed E-state index contributed by atoms with van der Waals surface area (Å²) in [6.07, 6.45) is 0. The summed E-state index contributed by atoms with van der Waals surface area (Å²) in [6, 6.07) is 12.6. The quantitative estimate of drug-likeness (QED) is 0.474. The highest BCUT2D eigenvalue weighted by atomic mass is 19.1. The Morgan fingerprint density at radius 2 is 1.44 bits per heavy atom. The van der Waals surface area contributed by atoms with E-state index < -0.39 is 36.0 Å². The van der Waals surface area contributed by atoms with E-state index in [1.807, 2.05) is 0 Å². The standard InChI is InChI=1S/C18H13FN2O4/c19-14-8-6-13(7-9-14)15(22)11-21-17(24)16(23)20(18(21)25)10-12-4-2-1-3-5-12/h1-9H,10-11H2. The first kappa shape index (κ1) is 16.5. The van der Waals surface area contributed by atoms with Crippen molar-refractivity contribution in [3.05, 3.63) is 71.5 Å². The van der Waals surface area contributed by atoms with E-state index in [2.05, 4.69) is 0 Å². The second-order valence-electron chi connectivity index (χ2n) is 5.48. The number of rotatable bonds is 5. The summed E-state index contributed by atoms with van der Waals surface area (Å²) in [5.74, 6) is -3.08. The Balaban J connectivity index is 1.75. The normalized spacial score (nSPS) is 14.4. The zero-order chi connectivity index (χ0) is 18.0. The molecule has 0 saturated carbocycles. The smallest absolute Gasteiger partial charge is 0.292 e. The van der Waals surface area contributed by atoms with Crippen LogP contribution in [0.4, 0.5) is 9.18 Å². The highest BCUT2D eigenvalue weighted by molar-refractivity contribution is 6.45. The highest BCUT2D eigenvalue weighted by Gasteiger charge is 2.45.